The minimum Gasteiger partial charge on any atom is -0.316 e. The number of thiophene rings is 1. The molecule has 0 aliphatic rings. The number of halogens is 1. The summed E-state index contributed by atoms with van der Waals surface area (Å²) in [7, 11) is 0. The molecule has 1 unspecified atom stereocenters. The van der Waals surface area contributed by atoms with E-state index in [-0.39, 0.29) is 5.82 Å². The van der Waals surface area contributed by atoms with E-state index in [0.717, 1.165) is 16.9 Å². The lowest BCUT2D eigenvalue weighted by atomic mass is 9.89. The van der Waals surface area contributed by atoms with Gasteiger partial charge in [-0.25, -0.2) is 4.39 Å². The van der Waals surface area contributed by atoms with Crippen LogP contribution in [0.15, 0.2) is 29.8 Å². The Kier molecular flexibility index (Phi) is 3.26. The van der Waals surface area contributed by atoms with Gasteiger partial charge in [-0.3, -0.25) is 4.98 Å². The van der Waals surface area contributed by atoms with Gasteiger partial charge in [0.25, 0.3) is 0 Å². The minimum atomic E-state index is -0.619. The van der Waals surface area contributed by atoms with Crippen LogP contribution in [-0.2, 0) is 5.54 Å². The third-order valence-corrected chi connectivity index (χ3v) is 4.20. The van der Waals surface area contributed by atoms with Gasteiger partial charge in [-0.05, 0) is 42.5 Å². The van der Waals surface area contributed by atoms with Crippen molar-refractivity contribution in [1.82, 2.24) is 4.98 Å². The fourth-order valence-electron chi connectivity index (χ4n) is 1.93. The maximum Gasteiger partial charge on any atom is 0.141 e. The molecule has 0 radical (unpaired) electrons. The Morgan fingerprint density at radius 1 is 1.41 bits per heavy atom. The van der Waals surface area contributed by atoms with E-state index in [0.29, 0.717) is 5.69 Å². The van der Waals surface area contributed by atoms with Crippen molar-refractivity contribution < 1.29 is 4.39 Å². The van der Waals surface area contributed by atoms with Gasteiger partial charge in [0.05, 0.1) is 17.4 Å². The van der Waals surface area contributed by atoms with Crippen LogP contribution in [0.1, 0.15) is 29.5 Å². The molecule has 0 saturated heterocycles. The van der Waals surface area contributed by atoms with Gasteiger partial charge in [0.2, 0.25) is 0 Å². The summed E-state index contributed by atoms with van der Waals surface area (Å²) < 4.78 is 12.9. The summed E-state index contributed by atoms with van der Waals surface area (Å²) >= 11 is 1.62. The molecule has 0 aliphatic carbocycles. The maximum atomic E-state index is 12.9. The smallest absolute Gasteiger partial charge is 0.141 e. The first-order valence-corrected chi connectivity index (χ1v) is 6.41. The summed E-state index contributed by atoms with van der Waals surface area (Å²) in [4.78, 5) is 5.22. The molecule has 0 spiro atoms. The molecule has 2 N–H and O–H groups in total. The molecular formula is C13H15FN2S. The van der Waals surface area contributed by atoms with E-state index in [4.69, 9.17) is 5.73 Å². The predicted octanol–water partition coefficient (Wildman–Crippen LogP) is 3.20. The van der Waals surface area contributed by atoms with Gasteiger partial charge in [-0.15, -0.1) is 11.3 Å². The molecule has 2 rings (SSSR count). The number of aromatic nitrogens is 1. The molecule has 0 saturated carbocycles. The zero-order chi connectivity index (χ0) is 12.5. The average molecular weight is 250 g/mol. The molecule has 2 heterocycles. The van der Waals surface area contributed by atoms with Crippen molar-refractivity contribution >= 4 is 11.3 Å². The lowest BCUT2D eigenvalue weighted by Crippen LogP contribution is -2.37. The molecule has 17 heavy (non-hydrogen) atoms. The van der Waals surface area contributed by atoms with E-state index in [1.165, 1.54) is 12.3 Å². The number of nitrogens with zero attached hydrogens (tertiary/aromatic N) is 1. The molecule has 0 amide bonds. The van der Waals surface area contributed by atoms with Crippen molar-refractivity contribution in [3.63, 3.8) is 0 Å². The molecule has 90 valence electrons. The highest BCUT2D eigenvalue weighted by molar-refractivity contribution is 7.10. The first kappa shape index (κ1) is 12.2. The average Bonchev–Trinajstić information content (AvgIpc) is 2.76. The van der Waals surface area contributed by atoms with Crippen LogP contribution < -0.4 is 5.73 Å². The van der Waals surface area contributed by atoms with Crippen LogP contribution in [0.2, 0.25) is 0 Å². The van der Waals surface area contributed by atoms with E-state index in [1.54, 1.807) is 17.4 Å². The second-order valence-electron chi connectivity index (χ2n) is 4.12. The van der Waals surface area contributed by atoms with Gasteiger partial charge >= 0.3 is 0 Å². The predicted molar refractivity (Wildman–Crippen MR) is 68.5 cm³/mol. The quantitative estimate of drug-likeness (QED) is 0.908. The summed E-state index contributed by atoms with van der Waals surface area (Å²) in [6, 6.07) is 5.11. The molecule has 2 aromatic rings. The third kappa shape index (κ3) is 2.10. The van der Waals surface area contributed by atoms with Crippen LogP contribution in [0.4, 0.5) is 4.39 Å². The van der Waals surface area contributed by atoms with Crippen LogP contribution in [0.3, 0.4) is 0 Å². The summed E-state index contributed by atoms with van der Waals surface area (Å²) in [5.41, 5.74) is 7.71. The van der Waals surface area contributed by atoms with Crippen molar-refractivity contribution in [3.8, 4) is 0 Å². The van der Waals surface area contributed by atoms with Crippen molar-refractivity contribution in [2.24, 2.45) is 5.73 Å². The molecule has 0 aliphatic heterocycles. The largest absolute Gasteiger partial charge is 0.316 e. The SMILES string of the molecule is CCC(N)(c1ccc(F)cn1)c1sccc1C. The number of pyridine rings is 1. The van der Waals surface area contributed by atoms with Crippen LogP contribution >= 0.6 is 11.3 Å². The molecular weight excluding hydrogens is 235 g/mol. The summed E-state index contributed by atoms with van der Waals surface area (Å²) in [6.07, 6.45) is 1.95. The lowest BCUT2D eigenvalue weighted by Gasteiger charge is -2.27. The second-order valence-corrected chi connectivity index (χ2v) is 5.04. The lowest BCUT2D eigenvalue weighted by molar-refractivity contribution is 0.506. The van der Waals surface area contributed by atoms with Crippen molar-refractivity contribution in [2.45, 2.75) is 25.8 Å². The topological polar surface area (TPSA) is 38.9 Å². The number of hydrogen-bond donors (Lipinski definition) is 1. The third-order valence-electron chi connectivity index (χ3n) is 3.01. The van der Waals surface area contributed by atoms with Gasteiger partial charge < -0.3 is 5.73 Å². The molecule has 2 aromatic heterocycles. The number of hydrogen-bond acceptors (Lipinski definition) is 3. The Bertz CT molecular complexity index is 506. The van der Waals surface area contributed by atoms with E-state index in [1.807, 2.05) is 25.3 Å². The number of nitrogens with two attached hydrogens (primary N) is 1. The maximum absolute atomic E-state index is 12.9. The normalized spacial score (nSPS) is 14.6. The molecule has 0 aromatic carbocycles. The standard InChI is InChI=1S/C13H15FN2S/c1-3-13(15,12-9(2)6-7-17-12)11-5-4-10(14)8-16-11/h4-8H,3,15H2,1-2H3. The van der Waals surface area contributed by atoms with Gasteiger partial charge in [-0.1, -0.05) is 6.92 Å². The van der Waals surface area contributed by atoms with Gasteiger partial charge in [-0.2, -0.15) is 0 Å². The Hall–Kier alpha value is -1.26. The van der Waals surface area contributed by atoms with Gasteiger partial charge in [0.15, 0.2) is 0 Å². The Balaban J connectivity index is 2.51. The zero-order valence-corrected chi connectivity index (χ0v) is 10.7. The monoisotopic (exact) mass is 250 g/mol. The highest BCUT2D eigenvalue weighted by atomic mass is 32.1. The highest BCUT2D eigenvalue weighted by Crippen LogP contribution is 2.34. The van der Waals surface area contributed by atoms with Crippen LogP contribution in [0, 0.1) is 12.7 Å². The zero-order valence-electron chi connectivity index (χ0n) is 9.90. The summed E-state index contributed by atoms with van der Waals surface area (Å²) in [5.74, 6) is -0.338. The Morgan fingerprint density at radius 3 is 2.65 bits per heavy atom. The Morgan fingerprint density at radius 2 is 2.18 bits per heavy atom. The first-order valence-electron chi connectivity index (χ1n) is 5.53. The molecule has 4 heteroatoms. The van der Waals surface area contributed by atoms with Crippen molar-refractivity contribution in [3.05, 3.63) is 51.7 Å². The van der Waals surface area contributed by atoms with Crippen LogP contribution in [0.5, 0.6) is 0 Å². The number of aryl methyl sites for hydroxylation is 1. The van der Waals surface area contributed by atoms with E-state index in [9.17, 15) is 4.39 Å². The minimum absolute atomic E-state index is 0.338. The van der Waals surface area contributed by atoms with Crippen LogP contribution in [0.25, 0.3) is 0 Å². The van der Waals surface area contributed by atoms with E-state index < -0.39 is 5.54 Å². The second kappa shape index (κ2) is 4.55. The summed E-state index contributed by atoms with van der Waals surface area (Å²) in [5, 5.41) is 2.02. The van der Waals surface area contributed by atoms with Crippen molar-refractivity contribution in [2.75, 3.05) is 0 Å². The van der Waals surface area contributed by atoms with Gasteiger partial charge in [0.1, 0.15) is 5.82 Å². The first-order chi connectivity index (χ1) is 8.08. The fraction of sp³-hybridized carbons (Fsp3) is 0.308. The fourth-order valence-corrected chi connectivity index (χ4v) is 3.05. The molecule has 2 nitrogen and oxygen atoms in total. The van der Waals surface area contributed by atoms with Crippen molar-refractivity contribution in [1.29, 1.82) is 0 Å². The summed E-state index contributed by atoms with van der Waals surface area (Å²) in [6.45, 7) is 4.05. The number of rotatable bonds is 3. The molecule has 1 atom stereocenters. The Labute approximate surface area is 104 Å². The van der Waals surface area contributed by atoms with E-state index in [2.05, 4.69) is 4.98 Å². The molecule has 0 bridgehead atoms. The molecule has 0 fully saturated rings. The van der Waals surface area contributed by atoms with E-state index >= 15 is 0 Å². The van der Waals surface area contributed by atoms with Gasteiger partial charge in [0, 0.05) is 4.88 Å². The van der Waals surface area contributed by atoms with Crippen LogP contribution in [-0.4, -0.2) is 4.98 Å². The highest BCUT2D eigenvalue weighted by Gasteiger charge is 2.31.